The van der Waals surface area contributed by atoms with E-state index in [0.29, 0.717) is 19.1 Å². The summed E-state index contributed by atoms with van der Waals surface area (Å²) in [4.78, 5) is 0. The largest absolute Gasteiger partial charge is 0.369 e. The van der Waals surface area contributed by atoms with Gasteiger partial charge in [-0.05, 0) is 12.8 Å². The molecule has 11 heavy (non-hydrogen) atoms. The SMILES string of the molecule is [CH2]COCC#CCC(C)CC. The molecule has 0 saturated carbocycles. The van der Waals surface area contributed by atoms with Crippen LogP contribution in [0.2, 0.25) is 0 Å². The topological polar surface area (TPSA) is 9.23 Å². The highest BCUT2D eigenvalue weighted by molar-refractivity contribution is 4.99. The first-order valence-electron chi connectivity index (χ1n) is 4.14. The summed E-state index contributed by atoms with van der Waals surface area (Å²) in [5, 5.41) is 0. The van der Waals surface area contributed by atoms with Crippen LogP contribution in [0.1, 0.15) is 26.7 Å². The van der Waals surface area contributed by atoms with E-state index in [-0.39, 0.29) is 0 Å². The Morgan fingerprint density at radius 3 is 2.73 bits per heavy atom. The molecule has 0 rings (SSSR count). The molecule has 1 atom stereocenters. The van der Waals surface area contributed by atoms with Gasteiger partial charge in [-0.15, -0.1) is 5.92 Å². The fraction of sp³-hybridized carbons (Fsp3) is 0.700. The molecule has 0 aromatic rings. The van der Waals surface area contributed by atoms with E-state index in [1.807, 2.05) is 0 Å². The monoisotopic (exact) mass is 153 g/mol. The van der Waals surface area contributed by atoms with Gasteiger partial charge >= 0.3 is 0 Å². The van der Waals surface area contributed by atoms with E-state index in [1.165, 1.54) is 6.42 Å². The molecule has 0 heterocycles. The molecule has 0 aliphatic carbocycles. The molecule has 0 aliphatic heterocycles. The van der Waals surface area contributed by atoms with Crippen molar-refractivity contribution >= 4 is 0 Å². The average molecular weight is 153 g/mol. The van der Waals surface area contributed by atoms with Gasteiger partial charge in [-0.1, -0.05) is 26.2 Å². The third-order valence-electron chi connectivity index (χ3n) is 1.59. The Hall–Kier alpha value is -0.480. The van der Waals surface area contributed by atoms with Crippen molar-refractivity contribution in [3.8, 4) is 11.8 Å². The molecular weight excluding hydrogens is 136 g/mol. The highest BCUT2D eigenvalue weighted by Crippen LogP contribution is 2.03. The van der Waals surface area contributed by atoms with Gasteiger partial charge in [0, 0.05) is 13.0 Å². The number of ether oxygens (including phenoxy) is 1. The molecular formula is C10H17O. The van der Waals surface area contributed by atoms with Crippen LogP contribution in [0.25, 0.3) is 0 Å². The van der Waals surface area contributed by atoms with E-state index < -0.39 is 0 Å². The maximum Gasteiger partial charge on any atom is 0.107 e. The lowest BCUT2D eigenvalue weighted by molar-refractivity contribution is 0.197. The molecule has 1 nitrogen and oxygen atoms in total. The van der Waals surface area contributed by atoms with Gasteiger partial charge in [0.05, 0.1) is 0 Å². The van der Waals surface area contributed by atoms with Crippen molar-refractivity contribution in [3.63, 3.8) is 0 Å². The van der Waals surface area contributed by atoms with E-state index >= 15 is 0 Å². The molecule has 0 aromatic carbocycles. The molecule has 0 fully saturated rings. The molecule has 0 saturated heterocycles. The van der Waals surface area contributed by atoms with Gasteiger partial charge in [-0.3, -0.25) is 0 Å². The summed E-state index contributed by atoms with van der Waals surface area (Å²) >= 11 is 0. The normalized spacial score (nSPS) is 11.9. The van der Waals surface area contributed by atoms with Crippen LogP contribution in [-0.2, 0) is 4.74 Å². The Labute approximate surface area is 70.1 Å². The summed E-state index contributed by atoms with van der Waals surface area (Å²) in [6.07, 6.45) is 2.18. The Kier molecular flexibility index (Phi) is 7.29. The lowest BCUT2D eigenvalue weighted by Gasteiger charge is -1.99. The van der Waals surface area contributed by atoms with Crippen molar-refractivity contribution in [2.24, 2.45) is 5.92 Å². The van der Waals surface area contributed by atoms with E-state index in [1.54, 1.807) is 0 Å². The van der Waals surface area contributed by atoms with Gasteiger partial charge in [0.15, 0.2) is 0 Å². The molecule has 0 spiro atoms. The smallest absolute Gasteiger partial charge is 0.107 e. The lowest BCUT2D eigenvalue weighted by Crippen LogP contribution is -1.91. The minimum absolute atomic E-state index is 0.512. The number of rotatable bonds is 4. The second-order valence-electron chi connectivity index (χ2n) is 2.62. The van der Waals surface area contributed by atoms with E-state index in [4.69, 9.17) is 4.74 Å². The van der Waals surface area contributed by atoms with Crippen LogP contribution < -0.4 is 0 Å². The van der Waals surface area contributed by atoms with Crippen LogP contribution in [0.5, 0.6) is 0 Å². The standard InChI is InChI=1S/C10H17O/c1-4-10(3)8-6-7-9-11-5-2/h10H,2,4-5,8-9H2,1,3H3. The number of hydrogen-bond acceptors (Lipinski definition) is 1. The Bertz CT molecular complexity index is 130. The second kappa shape index (κ2) is 7.63. The molecule has 1 heteroatoms. The van der Waals surface area contributed by atoms with Crippen molar-refractivity contribution in [3.05, 3.63) is 6.92 Å². The fourth-order valence-corrected chi connectivity index (χ4v) is 0.565. The summed E-state index contributed by atoms with van der Waals surface area (Å²) < 4.78 is 4.96. The zero-order valence-corrected chi connectivity index (χ0v) is 7.52. The lowest BCUT2D eigenvalue weighted by atomic mass is 10.1. The zero-order valence-electron chi connectivity index (χ0n) is 7.52. The Morgan fingerprint density at radius 2 is 2.18 bits per heavy atom. The highest BCUT2D eigenvalue weighted by Gasteiger charge is 1.92. The summed E-state index contributed by atoms with van der Waals surface area (Å²) in [5.41, 5.74) is 0. The summed E-state index contributed by atoms with van der Waals surface area (Å²) in [6.45, 7) is 8.97. The molecule has 0 aromatic heterocycles. The van der Waals surface area contributed by atoms with Gasteiger partial charge in [0.1, 0.15) is 6.61 Å². The maximum atomic E-state index is 4.96. The number of hydrogen-bond donors (Lipinski definition) is 0. The molecule has 0 aliphatic rings. The zero-order chi connectivity index (χ0) is 8.53. The van der Waals surface area contributed by atoms with Crippen molar-refractivity contribution in [1.29, 1.82) is 0 Å². The van der Waals surface area contributed by atoms with Gasteiger partial charge in [0.2, 0.25) is 0 Å². The van der Waals surface area contributed by atoms with Gasteiger partial charge in [-0.2, -0.15) is 0 Å². The molecule has 63 valence electrons. The molecule has 0 N–H and O–H groups in total. The van der Waals surface area contributed by atoms with Crippen LogP contribution in [0.3, 0.4) is 0 Å². The van der Waals surface area contributed by atoms with E-state index in [9.17, 15) is 0 Å². The van der Waals surface area contributed by atoms with Crippen LogP contribution >= 0.6 is 0 Å². The first-order valence-corrected chi connectivity index (χ1v) is 4.14. The minimum Gasteiger partial charge on any atom is -0.369 e. The quantitative estimate of drug-likeness (QED) is 0.444. The van der Waals surface area contributed by atoms with Gasteiger partial charge in [0.25, 0.3) is 0 Å². The third-order valence-corrected chi connectivity index (χ3v) is 1.59. The van der Waals surface area contributed by atoms with E-state index in [2.05, 4.69) is 32.6 Å². The van der Waals surface area contributed by atoms with E-state index in [0.717, 1.165) is 6.42 Å². The van der Waals surface area contributed by atoms with Crippen molar-refractivity contribution in [1.82, 2.24) is 0 Å². The van der Waals surface area contributed by atoms with Gasteiger partial charge in [-0.25, -0.2) is 0 Å². The summed E-state index contributed by atoms with van der Waals surface area (Å²) in [7, 11) is 0. The predicted molar refractivity (Wildman–Crippen MR) is 48.0 cm³/mol. The molecule has 1 radical (unpaired) electrons. The third kappa shape index (κ3) is 7.42. The minimum atomic E-state index is 0.512. The fourth-order valence-electron chi connectivity index (χ4n) is 0.565. The molecule has 1 unspecified atom stereocenters. The summed E-state index contributed by atoms with van der Waals surface area (Å²) in [5.74, 6) is 6.72. The van der Waals surface area contributed by atoms with Crippen LogP contribution in [0.15, 0.2) is 0 Å². The predicted octanol–water partition coefficient (Wildman–Crippen LogP) is 2.28. The second-order valence-corrected chi connectivity index (χ2v) is 2.62. The van der Waals surface area contributed by atoms with Crippen molar-refractivity contribution in [2.45, 2.75) is 26.7 Å². The highest BCUT2D eigenvalue weighted by atomic mass is 16.5. The first-order chi connectivity index (χ1) is 5.31. The van der Waals surface area contributed by atoms with Crippen LogP contribution in [0.4, 0.5) is 0 Å². The average Bonchev–Trinajstić information content (AvgIpc) is 2.04. The van der Waals surface area contributed by atoms with Gasteiger partial charge < -0.3 is 4.74 Å². The van der Waals surface area contributed by atoms with Crippen molar-refractivity contribution < 1.29 is 4.74 Å². The maximum absolute atomic E-state index is 4.96. The first kappa shape index (κ1) is 10.5. The van der Waals surface area contributed by atoms with Crippen LogP contribution in [0, 0.1) is 24.7 Å². The van der Waals surface area contributed by atoms with Crippen LogP contribution in [-0.4, -0.2) is 13.2 Å². The van der Waals surface area contributed by atoms with Crippen molar-refractivity contribution in [2.75, 3.05) is 13.2 Å². The Balaban J connectivity index is 3.24. The molecule has 0 bridgehead atoms. The Morgan fingerprint density at radius 1 is 1.45 bits per heavy atom. The molecule has 0 amide bonds. The summed E-state index contributed by atoms with van der Waals surface area (Å²) in [6, 6.07) is 0.